The average molecular weight is 263 g/mol. The quantitative estimate of drug-likeness (QED) is 0.761. The summed E-state index contributed by atoms with van der Waals surface area (Å²) in [7, 11) is -2.92. The van der Waals surface area contributed by atoms with Crippen LogP contribution in [0, 0.1) is 0 Å². The van der Waals surface area contributed by atoms with Crippen molar-refractivity contribution in [3.63, 3.8) is 0 Å². The maximum Gasteiger partial charge on any atom is 0.153 e. The van der Waals surface area contributed by atoms with Gasteiger partial charge in [-0.2, -0.15) is 0 Å². The van der Waals surface area contributed by atoms with Gasteiger partial charge in [0, 0.05) is 18.8 Å². The smallest absolute Gasteiger partial charge is 0.153 e. The van der Waals surface area contributed by atoms with E-state index in [9.17, 15) is 8.42 Å². The molecular formula is C12H25NO3S. The van der Waals surface area contributed by atoms with Gasteiger partial charge >= 0.3 is 0 Å². The Balaban J connectivity index is 2.29. The van der Waals surface area contributed by atoms with Crippen molar-refractivity contribution in [3.05, 3.63) is 0 Å². The van der Waals surface area contributed by atoms with E-state index in [4.69, 9.17) is 4.74 Å². The van der Waals surface area contributed by atoms with Crippen LogP contribution in [0.2, 0.25) is 0 Å². The van der Waals surface area contributed by atoms with Gasteiger partial charge < -0.3 is 10.1 Å². The number of nitrogens with one attached hydrogen (secondary N) is 1. The molecule has 4 nitrogen and oxygen atoms in total. The minimum absolute atomic E-state index is 0.0580. The van der Waals surface area contributed by atoms with Gasteiger partial charge in [0.25, 0.3) is 0 Å². The fourth-order valence-electron chi connectivity index (χ4n) is 1.94. The number of rotatable bonds is 5. The second-order valence-corrected chi connectivity index (χ2v) is 8.11. The first-order valence-corrected chi connectivity index (χ1v) is 8.07. The van der Waals surface area contributed by atoms with Gasteiger partial charge in [0.05, 0.1) is 11.0 Å². The molecule has 0 aliphatic carbocycles. The molecule has 0 spiro atoms. The Morgan fingerprint density at radius 1 is 1.24 bits per heavy atom. The molecule has 5 heteroatoms. The van der Waals surface area contributed by atoms with Crippen LogP contribution in [-0.4, -0.2) is 44.7 Å². The maximum atomic E-state index is 12.0. The molecule has 1 saturated heterocycles. The topological polar surface area (TPSA) is 55.4 Å². The van der Waals surface area contributed by atoms with Crippen LogP contribution < -0.4 is 5.32 Å². The van der Waals surface area contributed by atoms with Crippen molar-refractivity contribution < 1.29 is 13.2 Å². The fraction of sp³-hybridized carbons (Fsp3) is 1.00. The van der Waals surface area contributed by atoms with E-state index in [-0.39, 0.29) is 10.8 Å². The summed E-state index contributed by atoms with van der Waals surface area (Å²) >= 11 is 0. The highest BCUT2D eigenvalue weighted by molar-refractivity contribution is 7.92. The third-order valence-electron chi connectivity index (χ3n) is 2.94. The first-order valence-electron chi connectivity index (χ1n) is 6.36. The first kappa shape index (κ1) is 14.9. The van der Waals surface area contributed by atoms with E-state index in [1.165, 1.54) is 0 Å². The van der Waals surface area contributed by atoms with Crippen molar-refractivity contribution in [1.82, 2.24) is 5.32 Å². The first-order chi connectivity index (χ1) is 7.81. The summed E-state index contributed by atoms with van der Waals surface area (Å²) < 4.78 is 29.2. The molecule has 1 heterocycles. The molecule has 1 N–H and O–H groups in total. The molecule has 1 rings (SSSR count). The molecule has 0 atom stereocenters. The zero-order valence-corrected chi connectivity index (χ0v) is 12.0. The van der Waals surface area contributed by atoms with Gasteiger partial charge in [-0.3, -0.25) is 0 Å². The van der Waals surface area contributed by atoms with E-state index in [0.29, 0.717) is 38.2 Å². The third kappa shape index (κ3) is 5.84. The minimum Gasteiger partial charge on any atom is -0.381 e. The van der Waals surface area contributed by atoms with Crippen LogP contribution in [0.15, 0.2) is 0 Å². The molecule has 17 heavy (non-hydrogen) atoms. The normalized spacial score (nSPS) is 19.5. The van der Waals surface area contributed by atoms with Gasteiger partial charge in [0.15, 0.2) is 9.84 Å². The van der Waals surface area contributed by atoms with Crippen molar-refractivity contribution in [2.45, 2.75) is 50.8 Å². The van der Waals surface area contributed by atoms with Crippen LogP contribution in [0.5, 0.6) is 0 Å². The lowest BCUT2D eigenvalue weighted by Gasteiger charge is -2.23. The predicted octanol–water partition coefficient (Wildman–Crippen LogP) is 1.36. The predicted molar refractivity (Wildman–Crippen MR) is 70.0 cm³/mol. The van der Waals surface area contributed by atoms with Crippen LogP contribution in [0.25, 0.3) is 0 Å². The summed E-state index contributed by atoms with van der Waals surface area (Å²) in [6.45, 7) is 8.18. The molecule has 0 aromatic heterocycles. The molecule has 1 aliphatic rings. The number of sulfone groups is 1. The number of hydrogen-bond acceptors (Lipinski definition) is 4. The third-order valence-corrected chi connectivity index (χ3v) is 5.28. The molecule has 0 unspecified atom stereocenters. The SMILES string of the molecule is CC(C)(C)NCCCS(=O)(=O)C1CCOCC1. The Bertz CT molecular complexity index is 313. The molecule has 0 aromatic rings. The van der Waals surface area contributed by atoms with Crippen molar-refractivity contribution in [2.75, 3.05) is 25.5 Å². The molecule has 1 fully saturated rings. The van der Waals surface area contributed by atoms with Crippen molar-refractivity contribution >= 4 is 9.84 Å². The Kier molecular flexibility index (Phi) is 5.41. The lowest BCUT2D eigenvalue weighted by Crippen LogP contribution is -2.38. The Labute approximate surface area is 105 Å². The van der Waals surface area contributed by atoms with E-state index in [2.05, 4.69) is 26.1 Å². The lowest BCUT2D eigenvalue weighted by molar-refractivity contribution is 0.0983. The van der Waals surface area contributed by atoms with E-state index < -0.39 is 9.84 Å². The molecule has 0 saturated carbocycles. The summed E-state index contributed by atoms with van der Waals surface area (Å²) in [5, 5.41) is 3.13. The molecule has 102 valence electrons. The highest BCUT2D eigenvalue weighted by Gasteiger charge is 2.27. The highest BCUT2D eigenvalue weighted by atomic mass is 32.2. The van der Waals surface area contributed by atoms with Crippen LogP contribution >= 0.6 is 0 Å². The largest absolute Gasteiger partial charge is 0.381 e. The van der Waals surface area contributed by atoms with Crippen LogP contribution in [-0.2, 0) is 14.6 Å². The second-order valence-electron chi connectivity index (χ2n) is 5.71. The van der Waals surface area contributed by atoms with Gasteiger partial charge in [-0.25, -0.2) is 8.42 Å². The van der Waals surface area contributed by atoms with E-state index in [0.717, 1.165) is 6.54 Å². The highest BCUT2D eigenvalue weighted by Crippen LogP contribution is 2.17. The van der Waals surface area contributed by atoms with Gasteiger partial charge in [-0.15, -0.1) is 0 Å². The van der Waals surface area contributed by atoms with Gasteiger partial charge in [-0.05, 0) is 46.6 Å². The number of ether oxygens (including phenoxy) is 1. The zero-order valence-electron chi connectivity index (χ0n) is 11.2. The van der Waals surface area contributed by atoms with Crippen LogP contribution in [0.3, 0.4) is 0 Å². The standard InChI is InChI=1S/C12H25NO3S/c1-12(2,3)13-7-4-10-17(14,15)11-5-8-16-9-6-11/h11,13H,4-10H2,1-3H3. The van der Waals surface area contributed by atoms with Gasteiger partial charge in [-0.1, -0.05) is 0 Å². The number of hydrogen-bond donors (Lipinski definition) is 1. The van der Waals surface area contributed by atoms with Crippen molar-refractivity contribution in [2.24, 2.45) is 0 Å². The monoisotopic (exact) mass is 263 g/mol. The zero-order chi connectivity index (χ0) is 12.9. The molecule has 0 amide bonds. The van der Waals surface area contributed by atoms with Gasteiger partial charge in [0.2, 0.25) is 0 Å². The maximum absolute atomic E-state index is 12.0. The fourth-order valence-corrected chi connectivity index (χ4v) is 3.73. The summed E-state index contributed by atoms with van der Waals surface area (Å²) in [6.07, 6.45) is 2.01. The molecule has 0 radical (unpaired) electrons. The summed E-state index contributed by atoms with van der Waals surface area (Å²) in [5.74, 6) is 0.292. The molecule has 0 aromatic carbocycles. The Hall–Kier alpha value is -0.130. The minimum atomic E-state index is -2.92. The van der Waals surface area contributed by atoms with Gasteiger partial charge in [0.1, 0.15) is 0 Å². The average Bonchev–Trinajstić information content (AvgIpc) is 2.25. The van der Waals surface area contributed by atoms with E-state index >= 15 is 0 Å². The summed E-state index contributed by atoms with van der Waals surface area (Å²) in [4.78, 5) is 0. The lowest BCUT2D eigenvalue weighted by atomic mass is 10.1. The van der Waals surface area contributed by atoms with E-state index in [1.807, 2.05) is 0 Å². The second kappa shape index (κ2) is 6.16. The van der Waals surface area contributed by atoms with Crippen molar-refractivity contribution in [1.29, 1.82) is 0 Å². The van der Waals surface area contributed by atoms with Crippen LogP contribution in [0.1, 0.15) is 40.0 Å². The van der Waals surface area contributed by atoms with Crippen molar-refractivity contribution in [3.8, 4) is 0 Å². The van der Waals surface area contributed by atoms with Crippen LogP contribution in [0.4, 0.5) is 0 Å². The molecule has 0 bridgehead atoms. The summed E-state index contributed by atoms with van der Waals surface area (Å²) in [6, 6.07) is 0. The Morgan fingerprint density at radius 3 is 2.35 bits per heavy atom. The molecular weight excluding hydrogens is 238 g/mol. The molecule has 1 aliphatic heterocycles. The summed E-state index contributed by atoms with van der Waals surface area (Å²) in [5.41, 5.74) is 0.0580. The Morgan fingerprint density at radius 2 is 1.82 bits per heavy atom. The van der Waals surface area contributed by atoms with E-state index in [1.54, 1.807) is 0 Å².